The van der Waals surface area contributed by atoms with Crippen LogP contribution in [-0.4, -0.2) is 13.1 Å². The first-order valence-corrected chi connectivity index (χ1v) is 5.81. The minimum atomic E-state index is -0.288. The predicted molar refractivity (Wildman–Crippen MR) is 67.3 cm³/mol. The van der Waals surface area contributed by atoms with Gasteiger partial charge in [-0.1, -0.05) is 25.4 Å². The molecule has 2 nitrogen and oxygen atoms in total. The molecule has 0 saturated heterocycles. The van der Waals surface area contributed by atoms with Crippen LogP contribution < -0.4 is 11.1 Å². The molecule has 0 radical (unpaired) electrons. The Kier molecular flexibility index (Phi) is 5.03. The van der Waals surface area contributed by atoms with Gasteiger partial charge in [0, 0.05) is 11.6 Å². The number of benzene rings is 1. The summed E-state index contributed by atoms with van der Waals surface area (Å²) in [5, 5.41) is 3.57. The Morgan fingerprint density at radius 1 is 1.44 bits per heavy atom. The highest BCUT2D eigenvalue weighted by atomic mass is 35.5. The Bertz CT molecular complexity index is 342. The van der Waals surface area contributed by atoms with Crippen molar-refractivity contribution in [1.82, 2.24) is 0 Å². The molecule has 90 valence electrons. The first-order chi connectivity index (χ1) is 7.54. The third kappa shape index (κ3) is 3.65. The number of nitrogens with one attached hydrogen (secondary N) is 1. The molecule has 0 aliphatic heterocycles. The Labute approximate surface area is 101 Å². The van der Waals surface area contributed by atoms with Gasteiger partial charge in [0.2, 0.25) is 0 Å². The van der Waals surface area contributed by atoms with Crippen LogP contribution in [0.25, 0.3) is 0 Å². The maximum Gasteiger partial charge on any atom is 0.146 e. The van der Waals surface area contributed by atoms with Crippen LogP contribution >= 0.6 is 11.6 Å². The lowest BCUT2D eigenvalue weighted by Gasteiger charge is -2.20. The largest absolute Gasteiger partial charge is 0.382 e. The highest BCUT2D eigenvalue weighted by Crippen LogP contribution is 2.20. The van der Waals surface area contributed by atoms with Crippen molar-refractivity contribution in [3.63, 3.8) is 0 Å². The zero-order valence-corrected chi connectivity index (χ0v) is 10.4. The first kappa shape index (κ1) is 13.3. The van der Waals surface area contributed by atoms with Crippen LogP contribution in [0.3, 0.4) is 0 Å². The number of nitrogens with two attached hydrogens (primary N) is 1. The van der Waals surface area contributed by atoms with Gasteiger partial charge in [0.05, 0.1) is 5.69 Å². The van der Waals surface area contributed by atoms with Crippen molar-refractivity contribution in [2.75, 3.05) is 18.4 Å². The van der Waals surface area contributed by atoms with Crippen LogP contribution in [0, 0.1) is 17.7 Å². The number of hydrogen-bond donors (Lipinski definition) is 2. The minimum absolute atomic E-state index is 0.288. The van der Waals surface area contributed by atoms with Gasteiger partial charge in [-0.3, -0.25) is 0 Å². The zero-order chi connectivity index (χ0) is 12.1. The van der Waals surface area contributed by atoms with Crippen LogP contribution in [0.15, 0.2) is 18.2 Å². The standard InChI is InChI=1S/C12H18ClFN2/c1-8(2)9(6-15)7-16-12-5-10(13)3-4-11(12)14/h3-5,8-9,16H,6-7,15H2,1-2H3. The SMILES string of the molecule is CC(C)C(CN)CNc1cc(Cl)ccc1F. The fraction of sp³-hybridized carbons (Fsp3) is 0.500. The van der Waals surface area contributed by atoms with Gasteiger partial charge < -0.3 is 11.1 Å². The summed E-state index contributed by atoms with van der Waals surface area (Å²) < 4.78 is 13.4. The van der Waals surface area contributed by atoms with Crippen molar-refractivity contribution in [3.05, 3.63) is 29.0 Å². The van der Waals surface area contributed by atoms with Gasteiger partial charge in [0.1, 0.15) is 5.82 Å². The molecule has 4 heteroatoms. The lowest BCUT2D eigenvalue weighted by Crippen LogP contribution is -2.27. The second-order valence-corrected chi connectivity index (χ2v) is 4.68. The molecular formula is C12H18ClFN2. The third-order valence-electron chi connectivity index (χ3n) is 2.73. The summed E-state index contributed by atoms with van der Waals surface area (Å²) >= 11 is 5.80. The van der Waals surface area contributed by atoms with Gasteiger partial charge in [-0.25, -0.2) is 4.39 Å². The van der Waals surface area contributed by atoms with Crippen LogP contribution in [0.2, 0.25) is 5.02 Å². The zero-order valence-electron chi connectivity index (χ0n) is 9.63. The fourth-order valence-corrected chi connectivity index (χ4v) is 1.64. The molecule has 1 aromatic carbocycles. The molecule has 0 spiro atoms. The topological polar surface area (TPSA) is 38.0 Å². The van der Waals surface area contributed by atoms with E-state index in [-0.39, 0.29) is 5.82 Å². The van der Waals surface area contributed by atoms with Crippen molar-refractivity contribution in [3.8, 4) is 0 Å². The highest BCUT2D eigenvalue weighted by Gasteiger charge is 2.12. The van der Waals surface area contributed by atoms with Gasteiger partial charge in [0.15, 0.2) is 0 Å². The van der Waals surface area contributed by atoms with Gasteiger partial charge in [-0.05, 0) is 36.6 Å². The molecule has 0 saturated carbocycles. The summed E-state index contributed by atoms with van der Waals surface area (Å²) in [5.74, 6) is 0.516. The van der Waals surface area contributed by atoms with E-state index in [0.29, 0.717) is 35.6 Å². The van der Waals surface area contributed by atoms with Gasteiger partial charge >= 0.3 is 0 Å². The van der Waals surface area contributed by atoms with Crippen LogP contribution in [-0.2, 0) is 0 Å². The number of rotatable bonds is 5. The summed E-state index contributed by atoms with van der Waals surface area (Å²) in [6.45, 7) is 5.46. The van der Waals surface area contributed by atoms with E-state index in [2.05, 4.69) is 19.2 Å². The molecule has 0 aromatic heterocycles. The summed E-state index contributed by atoms with van der Waals surface area (Å²) in [6, 6.07) is 4.48. The normalized spacial score (nSPS) is 12.9. The Morgan fingerprint density at radius 2 is 2.12 bits per heavy atom. The molecule has 0 fully saturated rings. The highest BCUT2D eigenvalue weighted by molar-refractivity contribution is 6.30. The van der Waals surface area contributed by atoms with E-state index in [9.17, 15) is 4.39 Å². The summed E-state index contributed by atoms with van der Waals surface area (Å²) in [5.41, 5.74) is 6.08. The lowest BCUT2D eigenvalue weighted by atomic mass is 9.96. The predicted octanol–water partition coefficient (Wildman–Crippen LogP) is 3.12. The Balaban J connectivity index is 2.63. The molecule has 16 heavy (non-hydrogen) atoms. The summed E-state index contributed by atoms with van der Waals surface area (Å²) in [7, 11) is 0. The number of halogens is 2. The van der Waals surface area contributed by atoms with Gasteiger partial charge in [-0.15, -0.1) is 0 Å². The van der Waals surface area contributed by atoms with Crippen LogP contribution in [0.4, 0.5) is 10.1 Å². The third-order valence-corrected chi connectivity index (χ3v) is 2.96. The second-order valence-electron chi connectivity index (χ2n) is 4.24. The maximum absolute atomic E-state index is 13.4. The van der Waals surface area contributed by atoms with Crippen molar-refractivity contribution in [1.29, 1.82) is 0 Å². The van der Waals surface area contributed by atoms with Crippen LogP contribution in [0.1, 0.15) is 13.8 Å². The average molecular weight is 245 g/mol. The fourth-order valence-electron chi connectivity index (χ4n) is 1.47. The molecule has 0 aliphatic rings. The van der Waals surface area contributed by atoms with E-state index >= 15 is 0 Å². The summed E-state index contributed by atoms with van der Waals surface area (Å²) in [4.78, 5) is 0. The van der Waals surface area contributed by atoms with E-state index < -0.39 is 0 Å². The van der Waals surface area contributed by atoms with E-state index in [1.54, 1.807) is 6.07 Å². The molecule has 1 unspecified atom stereocenters. The Morgan fingerprint density at radius 3 is 2.69 bits per heavy atom. The van der Waals surface area contributed by atoms with Crippen molar-refractivity contribution in [2.45, 2.75) is 13.8 Å². The molecule has 1 rings (SSSR count). The molecule has 1 atom stereocenters. The van der Waals surface area contributed by atoms with Gasteiger partial charge in [-0.2, -0.15) is 0 Å². The molecule has 0 heterocycles. The van der Waals surface area contributed by atoms with Crippen molar-refractivity contribution in [2.24, 2.45) is 17.6 Å². The van der Waals surface area contributed by atoms with E-state index in [0.717, 1.165) is 0 Å². The van der Waals surface area contributed by atoms with Crippen molar-refractivity contribution < 1.29 is 4.39 Å². The van der Waals surface area contributed by atoms with Crippen LogP contribution in [0.5, 0.6) is 0 Å². The monoisotopic (exact) mass is 244 g/mol. The number of anilines is 1. The molecule has 1 aromatic rings. The maximum atomic E-state index is 13.4. The number of hydrogen-bond acceptors (Lipinski definition) is 2. The Hall–Kier alpha value is -0.800. The summed E-state index contributed by atoms with van der Waals surface area (Å²) in [6.07, 6.45) is 0. The quantitative estimate of drug-likeness (QED) is 0.835. The smallest absolute Gasteiger partial charge is 0.146 e. The van der Waals surface area contributed by atoms with E-state index in [1.165, 1.54) is 12.1 Å². The van der Waals surface area contributed by atoms with Gasteiger partial charge in [0.25, 0.3) is 0 Å². The van der Waals surface area contributed by atoms with E-state index in [1.807, 2.05) is 0 Å². The second kappa shape index (κ2) is 6.06. The molecule has 0 bridgehead atoms. The molecule has 0 amide bonds. The average Bonchev–Trinajstić information content (AvgIpc) is 2.23. The van der Waals surface area contributed by atoms with E-state index in [4.69, 9.17) is 17.3 Å². The molecule has 3 N–H and O–H groups in total. The first-order valence-electron chi connectivity index (χ1n) is 5.43. The lowest BCUT2D eigenvalue weighted by molar-refractivity contribution is 0.412. The minimum Gasteiger partial charge on any atom is -0.382 e. The molecular weight excluding hydrogens is 227 g/mol. The molecule has 0 aliphatic carbocycles. The van der Waals surface area contributed by atoms with Crippen molar-refractivity contribution >= 4 is 17.3 Å².